The second kappa shape index (κ2) is 3.51. The van der Waals surface area contributed by atoms with Crippen molar-refractivity contribution in [2.24, 2.45) is 0 Å². The number of hydrogen-bond acceptors (Lipinski definition) is 4. The summed E-state index contributed by atoms with van der Waals surface area (Å²) in [6, 6.07) is 2.66. The predicted octanol–water partition coefficient (Wildman–Crippen LogP) is 2.95. The zero-order chi connectivity index (χ0) is 11.0. The fraction of sp³-hybridized carbons (Fsp3) is 0.222. The van der Waals surface area contributed by atoms with E-state index in [-0.39, 0.29) is 5.69 Å². The maximum atomic E-state index is 10.6. The van der Waals surface area contributed by atoms with Crippen LogP contribution < -0.4 is 0 Å². The number of aromatic nitrogens is 1. The summed E-state index contributed by atoms with van der Waals surface area (Å²) in [4.78, 5) is 10.1. The Kier molecular flexibility index (Phi) is 2.32. The normalized spacial score (nSPS) is 10.8. The van der Waals surface area contributed by atoms with E-state index in [1.54, 1.807) is 0 Å². The van der Waals surface area contributed by atoms with E-state index in [1.807, 2.05) is 6.92 Å². The molecule has 1 heterocycles. The Morgan fingerprint density at radius 3 is 2.93 bits per heavy atom. The molecular weight excluding hydrogens is 220 g/mol. The molecular formula is C9H7ClN2O3. The van der Waals surface area contributed by atoms with Crippen molar-refractivity contribution in [3.05, 3.63) is 33.0 Å². The third-order valence-electron chi connectivity index (χ3n) is 2.12. The van der Waals surface area contributed by atoms with Gasteiger partial charge in [-0.25, -0.2) is 0 Å². The molecule has 0 aliphatic rings. The number of nitro benzene ring substituents is 1. The predicted molar refractivity (Wildman–Crippen MR) is 55.1 cm³/mol. The van der Waals surface area contributed by atoms with Gasteiger partial charge in [0, 0.05) is 18.6 Å². The van der Waals surface area contributed by atoms with Crippen LogP contribution in [-0.2, 0) is 6.42 Å². The first-order chi connectivity index (χ1) is 7.13. The molecule has 0 fully saturated rings. The Morgan fingerprint density at radius 2 is 2.33 bits per heavy atom. The lowest BCUT2D eigenvalue weighted by Crippen LogP contribution is -1.88. The van der Waals surface area contributed by atoms with Gasteiger partial charge in [0.1, 0.15) is 11.3 Å². The van der Waals surface area contributed by atoms with Crippen LogP contribution in [0.3, 0.4) is 0 Å². The summed E-state index contributed by atoms with van der Waals surface area (Å²) in [7, 11) is 0. The number of non-ortho nitro benzene ring substituents is 1. The lowest BCUT2D eigenvalue weighted by atomic mass is 10.2. The van der Waals surface area contributed by atoms with Crippen molar-refractivity contribution in [1.29, 1.82) is 0 Å². The zero-order valence-electron chi connectivity index (χ0n) is 7.86. The van der Waals surface area contributed by atoms with Gasteiger partial charge in [-0.15, -0.1) is 0 Å². The molecule has 15 heavy (non-hydrogen) atoms. The molecule has 1 aromatic heterocycles. The standard InChI is InChI=1S/C9H7ClN2O3/c1-2-8-9-6(10)3-5(12(13)14)4-7(9)11-15-8/h3-4H,2H2,1H3. The molecule has 6 heteroatoms. The summed E-state index contributed by atoms with van der Waals surface area (Å²) in [5.74, 6) is 0.643. The molecule has 0 N–H and O–H groups in total. The molecule has 78 valence electrons. The van der Waals surface area contributed by atoms with E-state index in [2.05, 4.69) is 5.16 Å². The number of nitrogens with zero attached hydrogens (tertiary/aromatic N) is 2. The van der Waals surface area contributed by atoms with Gasteiger partial charge in [0.05, 0.1) is 15.3 Å². The van der Waals surface area contributed by atoms with Crippen molar-refractivity contribution in [3.8, 4) is 0 Å². The first-order valence-corrected chi connectivity index (χ1v) is 4.73. The topological polar surface area (TPSA) is 69.2 Å². The van der Waals surface area contributed by atoms with Crippen LogP contribution in [0.25, 0.3) is 10.9 Å². The second-order valence-corrected chi connectivity index (χ2v) is 3.45. The van der Waals surface area contributed by atoms with Gasteiger partial charge < -0.3 is 4.52 Å². The van der Waals surface area contributed by atoms with Crippen LogP contribution in [0.5, 0.6) is 0 Å². The monoisotopic (exact) mass is 226 g/mol. The van der Waals surface area contributed by atoms with Crippen LogP contribution in [0, 0.1) is 10.1 Å². The number of benzene rings is 1. The summed E-state index contributed by atoms with van der Waals surface area (Å²) in [5, 5.41) is 15.3. The lowest BCUT2D eigenvalue weighted by molar-refractivity contribution is -0.384. The molecule has 0 aliphatic heterocycles. The van der Waals surface area contributed by atoms with Gasteiger partial charge in [-0.2, -0.15) is 0 Å². The minimum Gasteiger partial charge on any atom is -0.360 e. The average molecular weight is 227 g/mol. The van der Waals surface area contributed by atoms with Gasteiger partial charge in [0.25, 0.3) is 5.69 Å². The van der Waals surface area contributed by atoms with Gasteiger partial charge in [-0.1, -0.05) is 23.7 Å². The lowest BCUT2D eigenvalue weighted by Gasteiger charge is -1.95. The fourth-order valence-corrected chi connectivity index (χ4v) is 1.74. The van der Waals surface area contributed by atoms with Crippen molar-refractivity contribution in [2.75, 3.05) is 0 Å². The van der Waals surface area contributed by atoms with E-state index in [9.17, 15) is 10.1 Å². The zero-order valence-corrected chi connectivity index (χ0v) is 8.61. The van der Waals surface area contributed by atoms with E-state index in [4.69, 9.17) is 16.1 Å². The number of aryl methyl sites for hydroxylation is 1. The van der Waals surface area contributed by atoms with Gasteiger partial charge in [0.2, 0.25) is 0 Å². The Bertz CT molecular complexity index is 535. The molecule has 1 aromatic carbocycles. The van der Waals surface area contributed by atoms with Crippen LogP contribution in [0.4, 0.5) is 5.69 Å². The molecule has 0 saturated heterocycles. The van der Waals surface area contributed by atoms with Gasteiger partial charge in [-0.05, 0) is 0 Å². The molecule has 0 spiro atoms. The molecule has 0 amide bonds. The highest BCUT2D eigenvalue weighted by Crippen LogP contribution is 2.31. The third-order valence-corrected chi connectivity index (χ3v) is 2.42. The number of nitro groups is 1. The van der Waals surface area contributed by atoms with E-state index in [0.717, 1.165) is 0 Å². The molecule has 2 aromatic rings. The summed E-state index contributed by atoms with van der Waals surface area (Å²) >= 11 is 5.93. The third kappa shape index (κ3) is 1.55. The minimum atomic E-state index is -0.508. The van der Waals surface area contributed by atoms with Gasteiger partial charge in [0.15, 0.2) is 0 Å². The Balaban J connectivity index is 2.74. The molecule has 0 unspecified atom stereocenters. The highest BCUT2D eigenvalue weighted by atomic mass is 35.5. The number of rotatable bonds is 2. The number of hydrogen-bond donors (Lipinski definition) is 0. The summed E-state index contributed by atoms with van der Waals surface area (Å²) in [6.45, 7) is 1.90. The van der Waals surface area contributed by atoms with Crippen molar-refractivity contribution in [1.82, 2.24) is 5.16 Å². The first-order valence-electron chi connectivity index (χ1n) is 4.35. The minimum absolute atomic E-state index is 0.0801. The van der Waals surface area contributed by atoms with Crippen LogP contribution in [0.1, 0.15) is 12.7 Å². The van der Waals surface area contributed by atoms with E-state index < -0.39 is 4.92 Å². The molecule has 2 rings (SSSR count). The number of fused-ring (bicyclic) bond motifs is 1. The smallest absolute Gasteiger partial charge is 0.273 e. The van der Waals surface area contributed by atoms with Crippen molar-refractivity contribution in [2.45, 2.75) is 13.3 Å². The SMILES string of the molecule is CCc1onc2cc([N+](=O)[O-])cc(Cl)c12. The highest BCUT2D eigenvalue weighted by Gasteiger charge is 2.16. The second-order valence-electron chi connectivity index (χ2n) is 3.04. The fourth-order valence-electron chi connectivity index (χ4n) is 1.42. The molecule has 5 nitrogen and oxygen atoms in total. The average Bonchev–Trinajstić information content (AvgIpc) is 2.60. The first kappa shape index (κ1) is 9.92. The van der Waals surface area contributed by atoms with E-state index >= 15 is 0 Å². The summed E-state index contributed by atoms with van der Waals surface area (Å²) in [5.41, 5.74) is 0.342. The largest absolute Gasteiger partial charge is 0.360 e. The maximum absolute atomic E-state index is 10.6. The molecule has 0 aliphatic carbocycles. The van der Waals surface area contributed by atoms with Crippen LogP contribution >= 0.6 is 11.6 Å². The van der Waals surface area contributed by atoms with Gasteiger partial charge >= 0.3 is 0 Å². The van der Waals surface area contributed by atoms with E-state index in [0.29, 0.717) is 28.1 Å². The van der Waals surface area contributed by atoms with Crippen LogP contribution in [0.15, 0.2) is 16.7 Å². The van der Waals surface area contributed by atoms with E-state index in [1.165, 1.54) is 12.1 Å². The molecule has 0 bridgehead atoms. The number of halogens is 1. The Morgan fingerprint density at radius 1 is 1.60 bits per heavy atom. The van der Waals surface area contributed by atoms with Crippen LogP contribution in [0.2, 0.25) is 5.02 Å². The van der Waals surface area contributed by atoms with Crippen molar-refractivity contribution in [3.63, 3.8) is 0 Å². The molecule has 0 saturated carbocycles. The van der Waals surface area contributed by atoms with Crippen molar-refractivity contribution < 1.29 is 9.45 Å². The molecule has 0 atom stereocenters. The van der Waals surface area contributed by atoms with Crippen LogP contribution in [-0.4, -0.2) is 10.1 Å². The highest BCUT2D eigenvalue weighted by molar-refractivity contribution is 6.35. The Hall–Kier alpha value is -1.62. The molecule has 0 radical (unpaired) electrons. The summed E-state index contributed by atoms with van der Waals surface area (Å²) < 4.78 is 5.02. The van der Waals surface area contributed by atoms with Crippen molar-refractivity contribution >= 4 is 28.2 Å². The Labute approximate surface area is 89.8 Å². The summed E-state index contributed by atoms with van der Waals surface area (Å²) in [6.07, 6.45) is 0.647. The quantitative estimate of drug-likeness (QED) is 0.583. The maximum Gasteiger partial charge on any atom is 0.273 e. The van der Waals surface area contributed by atoms with Gasteiger partial charge in [-0.3, -0.25) is 10.1 Å².